The molecule has 1 atom stereocenters. The molecule has 130 valence electrons. The van der Waals surface area contributed by atoms with Gasteiger partial charge in [-0.15, -0.1) is 0 Å². The van der Waals surface area contributed by atoms with E-state index in [-0.39, 0.29) is 23.5 Å². The lowest BCUT2D eigenvalue weighted by atomic mass is 9.79. The molecule has 0 aromatic heterocycles. The van der Waals surface area contributed by atoms with Crippen molar-refractivity contribution in [3.63, 3.8) is 0 Å². The minimum atomic E-state index is -0.0958. The first-order chi connectivity index (χ1) is 10.5. The second kappa shape index (κ2) is 6.45. The number of phenols is 1. The van der Waals surface area contributed by atoms with Gasteiger partial charge in [0.05, 0.1) is 6.61 Å². The smallest absolute Gasteiger partial charge is 0.123 e. The fourth-order valence-electron chi connectivity index (χ4n) is 3.35. The van der Waals surface area contributed by atoms with Crippen molar-refractivity contribution in [1.82, 2.24) is 4.90 Å². The maximum atomic E-state index is 10.8. The van der Waals surface area contributed by atoms with Crippen LogP contribution in [0.5, 0.6) is 5.75 Å². The van der Waals surface area contributed by atoms with Gasteiger partial charge in [0.25, 0.3) is 0 Å². The van der Waals surface area contributed by atoms with Crippen LogP contribution in [0.3, 0.4) is 0 Å². The fraction of sp³-hybridized carbons (Fsp3) is 0.700. The number of nitrogens with zero attached hydrogens (tertiary/aromatic N) is 1. The highest BCUT2D eigenvalue weighted by atomic mass is 16.3. The first kappa shape index (κ1) is 18.3. The third-order valence-electron chi connectivity index (χ3n) is 4.95. The van der Waals surface area contributed by atoms with Crippen LogP contribution in [0.15, 0.2) is 12.1 Å². The first-order valence-electron chi connectivity index (χ1n) is 8.76. The summed E-state index contributed by atoms with van der Waals surface area (Å²) in [7, 11) is 0. The number of rotatable bonds is 3. The second-order valence-corrected chi connectivity index (χ2v) is 8.98. The van der Waals surface area contributed by atoms with Crippen LogP contribution in [0.25, 0.3) is 0 Å². The van der Waals surface area contributed by atoms with E-state index in [1.54, 1.807) is 0 Å². The van der Waals surface area contributed by atoms with Crippen LogP contribution in [0.2, 0.25) is 0 Å². The summed E-state index contributed by atoms with van der Waals surface area (Å²) in [5, 5.41) is 20.4. The molecule has 1 fully saturated rings. The molecule has 1 aliphatic rings. The van der Waals surface area contributed by atoms with E-state index < -0.39 is 0 Å². The summed E-state index contributed by atoms with van der Waals surface area (Å²) in [6, 6.07) is 4.54. The van der Waals surface area contributed by atoms with Gasteiger partial charge in [-0.05, 0) is 41.3 Å². The summed E-state index contributed by atoms with van der Waals surface area (Å²) >= 11 is 0. The van der Waals surface area contributed by atoms with Gasteiger partial charge >= 0.3 is 0 Å². The number of hydrogen-bond donors (Lipinski definition) is 2. The first-order valence-corrected chi connectivity index (χ1v) is 8.76. The van der Waals surface area contributed by atoms with Crippen LogP contribution >= 0.6 is 0 Å². The van der Waals surface area contributed by atoms with Gasteiger partial charge in [-0.1, -0.05) is 53.7 Å². The van der Waals surface area contributed by atoms with Crippen molar-refractivity contribution in [2.45, 2.75) is 77.8 Å². The van der Waals surface area contributed by atoms with E-state index in [4.69, 9.17) is 0 Å². The monoisotopic (exact) mass is 319 g/mol. The molecule has 1 saturated heterocycles. The van der Waals surface area contributed by atoms with Gasteiger partial charge in [0, 0.05) is 18.2 Å². The van der Waals surface area contributed by atoms with Crippen LogP contribution in [-0.4, -0.2) is 34.3 Å². The Kier molecular flexibility index (Phi) is 5.12. The maximum Gasteiger partial charge on any atom is 0.123 e. The molecule has 2 rings (SSSR count). The van der Waals surface area contributed by atoms with E-state index in [0.717, 1.165) is 30.5 Å². The summed E-state index contributed by atoms with van der Waals surface area (Å²) in [6.45, 7) is 15.0. The van der Waals surface area contributed by atoms with Crippen molar-refractivity contribution in [3.8, 4) is 5.75 Å². The molecule has 1 aliphatic heterocycles. The number of aromatic hydroxyl groups is 1. The van der Waals surface area contributed by atoms with Crippen molar-refractivity contribution in [2.75, 3.05) is 13.2 Å². The lowest BCUT2D eigenvalue weighted by Gasteiger charge is -2.29. The van der Waals surface area contributed by atoms with E-state index >= 15 is 0 Å². The summed E-state index contributed by atoms with van der Waals surface area (Å²) in [5.74, 6) is 0.425. The zero-order valence-electron chi connectivity index (χ0n) is 15.6. The minimum Gasteiger partial charge on any atom is -0.507 e. The van der Waals surface area contributed by atoms with Gasteiger partial charge in [0.1, 0.15) is 5.75 Å². The van der Waals surface area contributed by atoms with Crippen LogP contribution in [0.4, 0.5) is 0 Å². The van der Waals surface area contributed by atoms with Crippen LogP contribution in [0, 0.1) is 0 Å². The number of phenolic OH excluding ortho intramolecular Hbond substituents is 1. The average Bonchev–Trinajstić information content (AvgIpc) is 2.85. The molecule has 1 unspecified atom stereocenters. The van der Waals surface area contributed by atoms with Gasteiger partial charge in [-0.2, -0.15) is 0 Å². The van der Waals surface area contributed by atoms with E-state index in [9.17, 15) is 10.2 Å². The molecule has 2 N–H and O–H groups in total. The van der Waals surface area contributed by atoms with Gasteiger partial charge < -0.3 is 10.2 Å². The summed E-state index contributed by atoms with van der Waals surface area (Å²) < 4.78 is 0. The minimum absolute atomic E-state index is 0.0455. The molecule has 0 amide bonds. The zero-order valence-corrected chi connectivity index (χ0v) is 15.6. The molecule has 3 nitrogen and oxygen atoms in total. The third-order valence-corrected chi connectivity index (χ3v) is 4.95. The lowest BCUT2D eigenvalue weighted by Crippen LogP contribution is -2.32. The molecule has 1 aromatic carbocycles. The predicted octanol–water partition coefficient (Wildman–Crippen LogP) is 3.94. The highest BCUT2D eigenvalue weighted by Gasteiger charge is 2.28. The number of aliphatic hydroxyl groups excluding tert-OH is 1. The Bertz CT molecular complexity index is 552. The molecule has 0 spiro atoms. The molecule has 0 aliphatic carbocycles. The van der Waals surface area contributed by atoms with Crippen molar-refractivity contribution >= 4 is 0 Å². The Morgan fingerprint density at radius 1 is 1.09 bits per heavy atom. The van der Waals surface area contributed by atoms with Crippen LogP contribution in [0.1, 0.15) is 71.1 Å². The van der Waals surface area contributed by atoms with Crippen LogP contribution < -0.4 is 0 Å². The van der Waals surface area contributed by atoms with E-state index in [1.165, 1.54) is 5.56 Å². The zero-order chi connectivity index (χ0) is 17.4. The Labute approximate surface area is 141 Å². The second-order valence-electron chi connectivity index (χ2n) is 8.98. The van der Waals surface area contributed by atoms with E-state index in [1.807, 2.05) is 0 Å². The SMILES string of the molecule is CC(C)(C)c1cc(CN2CCCC2CO)c(O)c(C(C)(C)C)c1. The van der Waals surface area contributed by atoms with E-state index in [2.05, 4.69) is 58.6 Å². The number of likely N-dealkylation sites (tertiary alicyclic amines) is 1. The molecular weight excluding hydrogens is 286 g/mol. The number of aliphatic hydroxyl groups is 1. The number of benzene rings is 1. The highest BCUT2D eigenvalue weighted by Crippen LogP contribution is 2.38. The maximum absolute atomic E-state index is 10.8. The Morgan fingerprint density at radius 2 is 1.74 bits per heavy atom. The summed E-state index contributed by atoms with van der Waals surface area (Å²) in [6.07, 6.45) is 2.17. The van der Waals surface area contributed by atoms with E-state index in [0.29, 0.717) is 12.3 Å². The predicted molar refractivity (Wildman–Crippen MR) is 96.0 cm³/mol. The molecule has 0 radical (unpaired) electrons. The van der Waals surface area contributed by atoms with Gasteiger partial charge in [-0.25, -0.2) is 0 Å². The standard InChI is InChI=1S/C20H33NO2/c1-19(2,3)15-10-14(12-21-9-7-8-16(21)13-22)18(23)17(11-15)20(4,5)6/h10-11,16,22-23H,7-9,12-13H2,1-6H3. The molecular formula is C20H33NO2. The molecule has 1 heterocycles. The van der Waals surface area contributed by atoms with Crippen molar-refractivity contribution < 1.29 is 10.2 Å². The lowest BCUT2D eigenvalue weighted by molar-refractivity contribution is 0.152. The number of hydrogen-bond acceptors (Lipinski definition) is 3. The van der Waals surface area contributed by atoms with Crippen molar-refractivity contribution in [2.24, 2.45) is 0 Å². The average molecular weight is 319 g/mol. The normalized spacial score (nSPS) is 20.2. The van der Waals surface area contributed by atoms with Gasteiger partial charge in [0.15, 0.2) is 0 Å². The fourth-order valence-corrected chi connectivity index (χ4v) is 3.35. The van der Waals surface area contributed by atoms with Gasteiger partial charge in [0.2, 0.25) is 0 Å². The Morgan fingerprint density at radius 3 is 2.26 bits per heavy atom. The Balaban J connectivity index is 2.45. The Hall–Kier alpha value is -1.06. The van der Waals surface area contributed by atoms with Crippen LogP contribution in [-0.2, 0) is 17.4 Å². The molecule has 0 saturated carbocycles. The quantitative estimate of drug-likeness (QED) is 0.887. The topological polar surface area (TPSA) is 43.7 Å². The van der Waals surface area contributed by atoms with Gasteiger partial charge in [-0.3, -0.25) is 4.90 Å². The molecule has 1 aromatic rings. The molecule has 0 bridgehead atoms. The van der Waals surface area contributed by atoms with Crippen molar-refractivity contribution in [3.05, 3.63) is 28.8 Å². The highest BCUT2D eigenvalue weighted by molar-refractivity contribution is 5.48. The third kappa shape index (κ3) is 4.07. The summed E-state index contributed by atoms with van der Waals surface area (Å²) in [5.41, 5.74) is 3.21. The van der Waals surface area contributed by atoms with Crippen molar-refractivity contribution in [1.29, 1.82) is 0 Å². The largest absolute Gasteiger partial charge is 0.507 e. The molecule has 23 heavy (non-hydrogen) atoms. The molecule has 3 heteroatoms. The summed E-state index contributed by atoms with van der Waals surface area (Å²) in [4.78, 5) is 2.30.